The second-order valence-corrected chi connectivity index (χ2v) is 4.52. The number of halogens is 1. The minimum Gasteiger partial charge on any atom is -0.454 e. The van der Waals surface area contributed by atoms with E-state index in [4.69, 9.17) is 10.5 Å². The number of esters is 1. The summed E-state index contributed by atoms with van der Waals surface area (Å²) in [6.45, 7) is 3.82. The Kier molecular flexibility index (Phi) is 3.97. The summed E-state index contributed by atoms with van der Waals surface area (Å²) in [5.41, 5.74) is 5.79. The molecule has 0 unspecified atom stereocenters. The highest BCUT2D eigenvalue weighted by molar-refractivity contribution is 5.94. The Bertz CT molecular complexity index is 625. The molecule has 0 aliphatic carbocycles. The lowest BCUT2D eigenvalue weighted by molar-refractivity contribution is 0.0456. The first-order chi connectivity index (χ1) is 9.49. The molecule has 0 aliphatic heterocycles. The summed E-state index contributed by atoms with van der Waals surface area (Å²) >= 11 is 0. The zero-order valence-corrected chi connectivity index (χ0v) is 11.2. The molecular weight excluding hydrogens is 263 g/mol. The second kappa shape index (κ2) is 5.68. The normalized spacial score (nSPS) is 10.8. The summed E-state index contributed by atoms with van der Waals surface area (Å²) in [5, 5.41) is 4.03. The Morgan fingerprint density at radius 1 is 1.50 bits per heavy atom. The Balaban J connectivity index is 2.09. The van der Waals surface area contributed by atoms with Crippen LogP contribution in [0.5, 0.6) is 0 Å². The van der Waals surface area contributed by atoms with E-state index >= 15 is 0 Å². The first-order valence-corrected chi connectivity index (χ1v) is 6.09. The molecule has 2 rings (SSSR count). The monoisotopic (exact) mass is 278 g/mol. The number of carbonyl (C=O) groups excluding carboxylic acids is 1. The van der Waals surface area contributed by atoms with E-state index in [-0.39, 0.29) is 23.9 Å². The van der Waals surface area contributed by atoms with Crippen LogP contribution in [0.25, 0.3) is 0 Å². The number of rotatable bonds is 4. The van der Waals surface area contributed by atoms with E-state index in [0.29, 0.717) is 5.82 Å². The summed E-state index contributed by atoms with van der Waals surface area (Å²) in [5.74, 6) is -0.722. The number of ether oxygens (including phenoxy) is 1. The molecule has 1 aromatic heterocycles. The van der Waals surface area contributed by atoms with E-state index in [9.17, 15) is 9.18 Å². The Morgan fingerprint density at radius 3 is 2.95 bits per heavy atom. The lowest BCUT2D eigenvalue weighted by Gasteiger charge is -2.10. The van der Waals surface area contributed by atoms with Gasteiger partial charge < -0.3 is 10.5 Å². The van der Waals surface area contributed by atoms with Crippen molar-refractivity contribution in [3.8, 4) is 0 Å². The van der Waals surface area contributed by atoms with Crippen molar-refractivity contribution >= 4 is 11.7 Å². The van der Waals surface area contributed by atoms with E-state index in [1.165, 1.54) is 18.5 Å². The molecule has 0 saturated heterocycles. The number of hydrogen-bond acceptors (Lipinski definition) is 5. The standard InChI is InChI=1S/C13H15FN4O2/c1-8(2)18-12(16-7-17-18)6-20-13(19)10-5-9(14)3-4-11(10)15/h3-5,7-8H,6,15H2,1-2H3. The number of nitrogens with two attached hydrogens (primary N) is 1. The first kappa shape index (κ1) is 14.0. The zero-order chi connectivity index (χ0) is 14.7. The van der Waals surface area contributed by atoms with Crippen molar-refractivity contribution in [2.24, 2.45) is 0 Å². The van der Waals surface area contributed by atoms with Gasteiger partial charge >= 0.3 is 5.97 Å². The summed E-state index contributed by atoms with van der Waals surface area (Å²) in [7, 11) is 0. The molecular formula is C13H15FN4O2. The minimum absolute atomic E-state index is 0.000567. The highest BCUT2D eigenvalue weighted by atomic mass is 19.1. The molecule has 0 saturated carbocycles. The van der Waals surface area contributed by atoms with E-state index in [2.05, 4.69) is 10.1 Å². The SMILES string of the molecule is CC(C)n1ncnc1COC(=O)c1cc(F)ccc1N. The average Bonchev–Trinajstić information content (AvgIpc) is 2.87. The van der Waals surface area contributed by atoms with Gasteiger partial charge in [-0.25, -0.2) is 18.9 Å². The maximum atomic E-state index is 13.1. The molecule has 1 heterocycles. The van der Waals surface area contributed by atoms with Crippen LogP contribution in [0.4, 0.5) is 10.1 Å². The lowest BCUT2D eigenvalue weighted by Crippen LogP contribution is -2.13. The fraction of sp³-hybridized carbons (Fsp3) is 0.308. The van der Waals surface area contributed by atoms with E-state index in [1.807, 2.05) is 13.8 Å². The number of aromatic nitrogens is 3. The molecule has 0 fully saturated rings. The number of nitrogen functional groups attached to an aromatic ring is 1. The third-order valence-electron chi connectivity index (χ3n) is 2.70. The highest BCUT2D eigenvalue weighted by Gasteiger charge is 2.15. The molecule has 0 atom stereocenters. The summed E-state index contributed by atoms with van der Waals surface area (Å²) in [6.07, 6.45) is 1.39. The van der Waals surface area contributed by atoms with Gasteiger partial charge in [-0.3, -0.25) is 0 Å². The van der Waals surface area contributed by atoms with Crippen molar-refractivity contribution in [2.75, 3.05) is 5.73 Å². The average molecular weight is 278 g/mol. The quantitative estimate of drug-likeness (QED) is 0.682. The predicted molar refractivity (Wildman–Crippen MR) is 70.3 cm³/mol. The predicted octanol–water partition coefficient (Wildman–Crippen LogP) is 1.94. The molecule has 2 N–H and O–H groups in total. The number of benzene rings is 1. The van der Waals surface area contributed by atoms with Gasteiger partial charge in [-0.1, -0.05) is 0 Å². The van der Waals surface area contributed by atoms with Gasteiger partial charge in [0.2, 0.25) is 0 Å². The smallest absolute Gasteiger partial charge is 0.340 e. The maximum absolute atomic E-state index is 13.1. The molecule has 0 amide bonds. The molecule has 0 aliphatic rings. The molecule has 7 heteroatoms. The van der Waals surface area contributed by atoms with Crippen molar-refractivity contribution < 1.29 is 13.9 Å². The number of carbonyl (C=O) groups is 1. The Hall–Kier alpha value is -2.44. The molecule has 6 nitrogen and oxygen atoms in total. The van der Waals surface area contributed by atoms with Gasteiger partial charge in [0.05, 0.1) is 5.56 Å². The lowest BCUT2D eigenvalue weighted by atomic mass is 10.2. The third-order valence-corrected chi connectivity index (χ3v) is 2.70. The fourth-order valence-electron chi connectivity index (χ4n) is 1.72. The van der Waals surface area contributed by atoms with E-state index < -0.39 is 11.8 Å². The van der Waals surface area contributed by atoms with Crippen molar-refractivity contribution in [3.63, 3.8) is 0 Å². The Morgan fingerprint density at radius 2 is 2.25 bits per heavy atom. The van der Waals surface area contributed by atoms with Gasteiger partial charge in [-0.15, -0.1) is 0 Å². The van der Waals surface area contributed by atoms with Gasteiger partial charge in [0.25, 0.3) is 0 Å². The summed E-state index contributed by atoms with van der Waals surface area (Å²) in [4.78, 5) is 15.9. The van der Waals surface area contributed by atoms with Crippen molar-refractivity contribution in [1.82, 2.24) is 14.8 Å². The largest absolute Gasteiger partial charge is 0.454 e. The Labute approximate surface area is 115 Å². The van der Waals surface area contributed by atoms with Crippen LogP contribution in [-0.4, -0.2) is 20.7 Å². The molecule has 1 aromatic carbocycles. The van der Waals surface area contributed by atoms with Crippen LogP contribution in [0.2, 0.25) is 0 Å². The van der Waals surface area contributed by atoms with Gasteiger partial charge in [0.15, 0.2) is 12.4 Å². The van der Waals surface area contributed by atoms with Crippen LogP contribution in [-0.2, 0) is 11.3 Å². The molecule has 0 spiro atoms. The van der Waals surface area contributed by atoms with Crippen LogP contribution in [0.3, 0.4) is 0 Å². The van der Waals surface area contributed by atoms with Crippen LogP contribution in [0, 0.1) is 5.82 Å². The molecule has 0 radical (unpaired) electrons. The molecule has 106 valence electrons. The van der Waals surface area contributed by atoms with Crippen LogP contribution in [0.15, 0.2) is 24.5 Å². The molecule has 2 aromatic rings. The number of nitrogens with zero attached hydrogens (tertiary/aromatic N) is 3. The first-order valence-electron chi connectivity index (χ1n) is 6.09. The highest BCUT2D eigenvalue weighted by Crippen LogP contribution is 2.15. The maximum Gasteiger partial charge on any atom is 0.340 e. The summed E-state index contributed by atoms with van der Waals surface area (Å²) in [6, 6.07) is 3.65. The zero-order valence-electron chi connectivity index (χ0n) is 11.2. The fourth-order valence-corrected chi connectivity index (χ4v) is 1.72. The van der Waals surface area contributed by atoms with Gasteiger partial charge in [0, 0.05) is 11.7 Å². The van der Waals surface area contributed by atoms with Gasteiger partial charge in [-0.05, 0) is 32.0 Å². The summed E-state index contributed by atoms with van der Waals surface area (Å²) < 4.78 is 19.8. The number of hydrogen-bond donors (Lipinski definition) is 1. The molecule has 0 bridgehead atoms. The number of anilines is 1. The van der Waals surface area contributed by atoms with Crippen LogP contribution in [0.1, 0.15) is 36.1 Å². The van der Waals surface area contributed by atoms with Crippen molar-refractivity contribution in [1.29, 1.82) is 0 Å². The topological polar surface area (TPSA) is 83.0 Å². The van der Waals surface area contributed by atoms with Crippen molar-refractivity contribution in [3.05, 3.63) is 41.7 Å². The van der Waals surface area contributed by atoms with E-state index in [0.717, 1.165) is 6.07 Å². The molecule has 20 heavy (non-hydrogen) atoms. The van der Waals surface area contributed by atoms with Gasteiger partial charge in [-0.2, -0.15) is 5.10 Å². The van der Waals surface area contributed by atoms with Crippen molar-refractivity contribution in [2.45, 2.75) is 26.5 Å². The van der Waals surface area contributed by atoms with Crippen LogP contribution < -0.4 is 5.73 Å². The van der Waals surface area contributed by atoms with Gasteiger partial charge in [0.1, 0.15) is 12.1 Å². The van der Waals surface area contributed by atoms with E-state index in [1.54, 1.807) is 4.68 Å². The third kappa shape index (κ3) is 2.93. The minimum atomic E-state index is -0.694. The second-order valence-electron chi connectivity index (χ2n) is 4.52. The van der Waals surface area contributed by atoms with Crippen LogP contribution >= 0.6 is 0 Å².